The Kier molecular flexibility index (Phi) is 4.83. The lowest BCUT2D eigenvalue weighted by molar-refractivity contribution is 0.590. The molecular formula is C16H21BrN4. The summed E-state index contributed by atoms with van der Waals surface area (Å²) in [6.45, 7) is 9.47. The van der Waals surface area contributed by atoms with Crippen molar-refractivity contribution in [2.75, 3.05) is 17.2 Å². The molecule has 1 aromatic heterocycles. The molecule has 0 unspecified atom stereocenters. The van der Waals surface area contributed by atoms with Crippen molar-refractivity contribution in [1.82, 2.24) is 9.97 Å². The fraction of sp³-hybridized carbons (Fsp3) is 0.375. The first kappa shape index (κ1) is 15.8. The summed E-state index contributed by atoms with van der Waals surface area (Å²) in [6.07, 6.45) is 1.55. The summed E-state index contributed by atoms with van der Waals surface area (Å²) in [5, 5.41) is 6.50. The minimum Gasteiger partial charge on any atom is -0.369 e. The Bertz CT molecular complexity index is 603. The standard InChI is InChI=1S/C16H21BrN4/c1-5-18-14-13(17)15(20-10-19-14)21-12-8-6-11(7-9-12)16(2,3)4/h6-10H,5H2,1-4H3,(H2,18,19,20,21). The molecule has 2 aromatic rings. The molecule has 112 valence electrons. The van der Waals surface area contributed by atoms with Crippen molar-refractivity contribution in [1.29, 1.82) is 0 Å². The van der Waals surface area contributed by atoms with E-state index in [1.54, 1.807) is 6.33 Å². The summed E-state index contributed by atoms with van der Waals surface area (Å²) < 4.78 is 0.840. The van der Waals surface area contributed by atoms with Gasteiger partial charge in [-0.15, -0.1) is 0 Å². The normalized spacial score (nSPS) is 11.3. The molecule has 0 amide bonds. The van der Waals surface area contributed by atoms with Gasteiger partial charge in [-0.1, -0.05) is 32.9 Å². The minimum atomic E-state index is 0.159. The number of aromatic nitrogens is 2. The van der Waals surface area contributed by atoms with Crippen LogP contribution in [0.4, 0.5) is 17.3 Å². The van der Waals surface area contributed by atoms with Crippen LogP contribution in [0.3, 0.4) is 0 Å². The number of hydrogen-bond donors (Lipinski definition) is 2. The molecule has 1 heterocycles. The van der Waals surface area contributed by atoms with Crippen LogP contribution in [0.15, 0.2) is 35.1 Å². The van der Waals surface area contributed by atoms with Crippen molar-refractivity contribution in [2.24, 2.45) is 0 Å². The lowest BCUT2D eigenvalue weighted by atomic mass is 9.87. The Balaban J connectivity index is 2.20. The largest absolute Gasteiger partial charge is 0.369 e. The van der Waals surface area contributed by atoms with Crippen LogP contribution in [0.5, 0.6) is 0 Å². The quantitative estimate of drug-likeness (QED) is 0.839. The molecule has 0 aliphatic carbocycles. The van der Waals surface area contributed by atoms with E-state index in [4.69, 9.17) is 0 Å². The number of nitrogens with zero attached hydrogens (tertiary/aromatic N) is 2. The van der Waals surface area contributed by atoms with Crippen molar-refractivity contribution in [3.63, 3.8) is 0 Å². The van der Waals surface area contributed by atoms with Crippen LogP contribution in [-0.4, -0.2) is 16.5 Å². The van der Waals surface area contributed by atoms with Crippen LogP contribution >= 0.6 is 15.9 Å². The molecule has 2 rings (SSSR count). The van der Waals surface area contributed by atoms with E-state index in [0.29, 0.717) is 0 Å². The maximum absolute atomic E-state index is 4.28. The zero-order chi connectivity index (χ0) is 15.5. The van der Waals surface area contributed by atoms with Gasteiger partial charge in [0.25, 0.3) is 0 Å². The lowest BCUT2D eigenvalue weighted by Crippen LogP contribution is -2.10. The van der Waals surface area contributed by atoms with Gasteiger partial charge in [0.05, 0.1) is 0 Å². The van der Waals surface area contributed by atoms with Gasteiger partial charge < -0.3 is 10.6 Å². The maximum Gasteiger partial charge on any atom is 0.150 e. The molecule has 1 aromatic carbocycles. The van der Waals surface area contributed by atoms with E-state index in [0.717, 1.165) is 28.3 Å². The predicted molar refractivity (Wildman–Crippen MR) is 92.3 cm³/mol. The van der Waals surface area contributed by atoms with Crippen molar-refractivity contribution < 1.29 is 0 Å². The van der Waals surface area contributed by atoms with E-state index < -0.39 is 0 Å². The van der Waals surface area contributed by atoms with Crippen LogP contribution in [0.2, 0.25) is 0 Å². The second-order valence-electron chi connectivity index (χ2n) is 5.87. The lowest BCUT2D eigenvalue weighted by Gasteiger charge is -2.19. The molecule has 5 heteroatoms. The van der Waals surface area contributed by atoms with Gasteiger partial charge in [-0.25, -0.2) is 9.97 Å². The summed E-state index contributed by atoms with van der Waals surface area (Å²) in [5.41, 5.74) is 2.47. The Labute approximate surface area is 134 Å². The van der Waals surface area contributed by atoms with Crippen LogP contribution < -0.4 is 10.6 Å². The first-order valence-corrected chi connectivity index (χ1v) is 7.83. The van der Waals surface area contributed by atoms with Crippen LogP contribution in [0, 0.1) is 0 Å². The van der Waals surface area contributed by atoms with Gasteiger partial charge in [-0.2, -0.15) is 0 Å². The fourth-order valence-corrected chi connectivity index (χ4v) is 2.38. The van der Waals surface area contributed by atoms with Gasteiger partial charge in [0.2, 0.25) is 0 Å². The Morgan fingerprint density at radius 3 is 2.24 bits per heavy atom. The number of halogens is 1. The first-order chi connectivity index (χ1) is 9.91. The average Bonchev–Trinajstić information content (AvgIpc) is 2.43. The highest BCUT2D eigenvalue weighted by molar-refractivity contribution is 9.10. The summed E-state index contributed by atoms with van der Waals surface area (Å²) in [6, 6.07) is 8.43. The topological polar surface area (TPSA) is 49.8 Å². The smallest absolute Gasteiger partial charge is 0.150 e. The Hall–Kier alpha value is -1.62. The van der Waals surface area contributed by atoms with E-state index in [1.807, 2.05) is 6.92 Å². The number of nitrogens with one attached hydrogen (secondary N) is 2. The molecule has 0 aliphatic rings. The Morgan fingerprint density at radius 1 is 1.05 bits per heavy atom. The molecule has 0 spiro atoms. The van der Waals surface area contributed by atoms with Crippen molar-refractivity contribution >= 4 is 33.3 Å². The van der Waals surface area contributed by atoms with Crippen LogP contribution in [0.1, 0.15) is 33.3 Å². The maximum atomic E-state index is 4.28. The average molecular weight is 349 g/mol. The highest BCUT2D eigenvalue weighted by Gasteiger charge is 2.13. The molecule has 0 radical (unpaired) electrons. The zero-order valence-corrected chi connectivity index (χ0v) is 14.5. The zero-order valence-electron chi connectivity index (χ0n) is 12.9. The van der Waals surface area contributed by atoms with Gasteiger partial charge in [-0.3, -0.25) is 0 Å². The molecule has 0 aliphatic heterocycles. The molecule has 0 saturated heterocycles. The number of benzene rings is 1. The van der Waals surface area contributed by atoms with E-state index in [1.165, 1.54) is 5.56 Å². The SMILES string of the molecule is CCNc1ncnc(Nc2ccc(C(C)(C)C)cc2)c1Br. The van der Waals surface area contributed by atoms with Crippen molar-refractivity contribution in [3.8, 4) is 0 Å². The third kappa shape index (κ3) is 3.94. The molecule has 0 fully saturated rings. The second-order valence-corrected chi connectivity index (χ2v) is 6.66. The molecule has 0 atom stereocenters. The number of anilines is 3. The van der Waals surface area contributed by atoms with E-state index in [9.17, 15) is 0 Å². The minimum absolute atomic E-state index is 0.159. The number of hydrogen-bond acceptors (Lipinski definition) is 4. The first-order valence-electron chi connectivity index (χ1n) is 7.03. The highest BCUT2D eigenvalue weighted by atomic mass is 79.9. The van der Waals surface area contributed by atoms with Gasteiger partial charge in [-0.05, 0) is 46.0 Å². The summed E-state index contributed by atoms with van der Waals surface area (Å²) in [7, 11) is 0. The molecule has 0 bridgehead atoms. The van der Waals surface area contributed by atoms with Crippen LogP contribution in [-0.2, 0) is 5.41 Å². The van der Waals surface area contributed by atoms with Gasteiger partial charge in [0, 0.05) is 12.2 Å². The summed E-state index contributed by atoms with van der Waals surface area (Å²) in [4.78, 5) is 8.49. The highest BCUT2D eigenvalue weighted by Crippen LogP contribution is 2.30. The second kappa shape index (κ2) is 6.43. The third-order valence-corrected chi connectivity index (χ3v) is 3.90. The summed E-state index contributed by atoms with van der Waals surface area (Å²) >= 11 is 3.54. The molecular weight excluding hydrogens is 328 g/mol. The van der Waals surface area contributed by atoms with E-state index >= 15 is 0 Å². The fourth-order valence-electron chi connectivity index (χ4n) is 1.94. The molecule has 4 nitrogen and oxygen atoms in total. The van der Waals surface area contributed by atoms with Crippen molar-refractivity contribution in [3.05, 3.63) is 40.6 Å². The Morgan fingerprint density at radius 2 is 1.67 bits per heavy atom. The summed E-state index contributed by atoms with van der Waals surface area (Å²) in [5.74, 6) is 1.55. The van der Waals surface area contributed by atoms with E-state index in [-0.39, 0.29) is 5.41 Å². The number of rotatable bonds is 4. The molecule has 2 N–H and O–H groups in total. The predicted octanol–water partition coefficient (Wildman–Crippen LogP) is 4.71. The van der Waals surface area contributed by atoms with Gasteiger partial charge >= 0.3 is 0 Å². The van der Waals surface area contributed by atoms with Gasteiger partial charge in [0.1, 0.15) is 22.4 Å². The molecule has 21 heavy (non-hydrogen) atoms. The monoisotopic (exact) mass is 348 g/mol. The van der Waals surface area contributed by atoms with Crippen LogP contribution in [0.25, 0.3) is 0 Å². The van der Waals surface area contributed by atoms with Gasteiger partial charge in [0.15, 0.2) is 0 Å². The van der Waals surface area contributed by atoms with E-state index in [2.05, 4.69) is 81.6 Å². The van der Waals surface area contributed by atoms with Crippen molar-refractivity contribution in [2.45, 2.75) is 33.1 Å². The molecule has 0 saturated carbocycles. The third-order valence-electron chi connectivity index (χ3n) is 3.15.